The molecule has 0 aromatic heterocycles. The van der Waals surface area contributed by atoms with E-state index >= 15 is 0 Å². The van der Waals surface area contributed by atoms with E-state index in [0.717, 1.165) is 0 Å². The zero-order valence-electron chi connectivity index (χ0n) is 7.44. The third-order valence-electron chi connectivity index (χ3n) is 2.27. The summed E-state index contributed by atoms with van der Waals surface area (Å²) < 4.78 is 0. The Morgan fingerprint density at radius 2 is 2.25 bits per heavy atom. The van der Waals surface area contributed by atoms with Gasteiger partial charge in [-0.15, -0.1) is 0 Å². The number of amides is 2. The normalized spacial score (nSPS) is 30.2. The summed E-state index contributed by atoms with van der Waals surface area (Å²) in [5.74, 6) is -0.318. The van der Waals surface area contributed by atoms with E-state index in [1.165, 1.54) is 0 Å². The smallest absolute Gasteiger partial charge is 0.233 e. The molecule has 1 rings (SSSR count). The minimum absolute atomic E-state index is 0.159. The molecule has 2 amide bonds. The molecule has 4 heteroatoms. The highest BCUT2D eigenvalue weighted by Crippen LogP contribution is 2.25. The Labute approximate surface area is 71.7 Å². The third kappa shape index (κ3) is 1.64. The van der Waals surface area contributed by atoms with Crippen molar-refractivity contribution in [2.24, 2.45) is 5.41 Å². The highest BCUT2D eigenvalue weighted by Gasteiger charge is 2.37. The van der Waals surface area contributed by atoms with Gasteiger partial charge in [0.2, 0.25) is 11.8 Å². The quantitative estimate of drug-likeness (QED) is 0.557. The largest absolute Gasteiger partial charge is 0.319 e. The summed E-state index contributed by atoms with van der Waals surface area (Å²) in [5.41, 5.74) is -0.414. The lowest BCUT2D eigenvalue weighted by Gasteiger charge is -2.31. The first-order valence-corrected chi connectivity index (χ1v) is 4.07. The standard InChI is InChI=1S/C8H14N2O2/c1-8(5-9-2)4-3-6(11)10-7(8)12/h9H,3-5H2,1-2H3,(H,10,11,12). The van der Waals surface area contributed by atoms with Crippen molar-refractivity contribution in [3.8, 4) is 0 Å². The fraction of sp³-hybridized carbons (Fsp3) is 0.750. The van der Waals surface area contributed by atoms with Crippen LogP contribution in [0.3, 0.4) is 0 Å². The molecule has 2 N–H and O–H groups in total. The van der Waals surface area contributed by atoms with Crippen LogP contribution in [0.15, 0.2) is 0 Å². The molecule has 12 heavy (non-hydrogen) atoms. The highest BCUT2D eigenvalue weighted by atomic mass is 16.2. The molecule has 1 fully saturated rings. The van der Waals surface area contributed by atoms with Gasteiger partial charge < -0.3 is 5.32 Å². The lowest BCUT2D eigenvalue weighted by molar-refractivity contribution is -0.140. The van der Waals surface area contributed by atoms with Crippen LogP contribution in [0, 0.1) is 5.41 Å². The van der Waals surface area contributed by atoms with Gasteiger partial charge in [0.15, 0.2) is 0 Å². The van der Waals surface area contributed by atoms with Gasteiger partial charge in [0.1, 0.15) is 0 Å². The van der Waals surface area contributed by atoms with Gasteiger partial charge in [-0.05, 0) is 20.4 Å². The maximum atomic E-state index is 11.3. The second-order valence-electron chi connectivity index (χ2n) is 3.47. The van der Waals surface area contributed by atoms with E-state index in [-0.39, 0.29) is 11.8 Å². The predicted octanol–water partition coefficient (Wildman–Crippen LogP) is -0.351. The fourth-order valence-electron chi connectivity index (χ4n) is 1.40. The van der Waals surface area contributed by atoms with Crippen LogP contribution in [0.2, 0.25) is 0 Å². The van der Waals surface area contributed by atoms with E-state index in [0.29, 0.717) is 19.4 Å². The molecule has 68 valence electrons. The van der Waals surface area contributed by atoms with Crippen molar-refractivity contribution >= 4 is 11.8 Å². The SMILES string of the molecule is CNCC1(C)CCC(=O)NC1=O. The third-order valence-corrected chi connectivity index (χ3v) is 2.27. The maximum absolute atomic E-state index is 11.3. The first kappa shape index (κ1) is 9.19. The summed E-state index contributed by atoms with van der Waals surface area (Å²) in [6.07, 6.45) is 1.09. The minimum Gasteiger partial charge on any atom is -0.319 e. The van der Waals surface area contributed by atoms with E-state index in [9.17, 15) is 9.59 Å². The van der Waals surface area contributed by atoms with E-state index in [1.54, 1.807) is 7.05 Å². The molecule has 1 atom stereocenters. The molecule has 0 saturated carbocycles. The second-order valence-corrected chi connectivity index (χ2v) is 3.47. The number of hydrogen-bond donors (Lipinski definition) is 2. The summed E-state index contributed by atoms with van der Waals surface area (Å²) in [5, 5.41) is 5.29. The Balaban J connectivity index is 2.66. The van der Waals surface area contributed by atoms with Crippen molar-refractivity contribution in [2.75, 3.05) is 13.6 Å². The average Bonchev–Trinajstić information content (AvgIpc) is 1.99. The number of carbonyl (C=O) groups is 2. The van der Waals surface area contributed by atoms with Crippen LogP contribution in [0.1, 0.15) is 19.8 Å². The number of nitrogens with one attached hydrogen (secondary N) is 2. The van der Waals surface area contributed by atoms with Crippen LogP contribution in [0.5, 0.6) is 0 Å². The topological polar surface area (TPSA) is 58.2 Å². The van der Waals surface area contributed by atoms with Gasteiger partial charge in [-0.25, -0.2) is 0 Å². The predicted molar refractivity (Wildman–Crippen MR) is 44.4 cm³/mol. The molecule has 0 aromatic rings. The van der Waals surface area contributed by atoms with Gasteiger partial charge in [-0.3, -0.25) is 14.9 Å². The van der Waals surface area contributed by atoms with Gasteiger partial charge in [-0.2, -0.15) is 0 Å². The zero-order chi connectivity index (χ0) is 9.19. The molecular weight excluding hydrogens is 156 g/mol. The Hall–Kier alpha value is -0.900. The molecule has 0 aliphatic carbocycles. The van der Waals surface area contributed by atoms with E-state index in [2.05, 4.69) is 10.6 Å². The highest BCUT2D eigenvalue weighted by molar-refractivity contribution is 6.00. The van der Waals surface area contributed by atoms with Crippen molar-refractivity contribution in [1.29, 1.82) is 0 Å². The number of imide groups is 1. The molecule has 1 saturated heterocycles. The van der Waals surface area contributed by atoms with Crippen molar-refractivity contribution in [2.45, 2.75) is 19.8 Å². The van der Waals surface area contributed by atoms with Gasteiger partial charge >= 0.3 is 0 Å². The number of rotatable bonds is 2. The van der Waals surface area contributed by atoms with Gasteiger partial charge in [0.25, 0.3) is 0 Å². The Morgan fingerprint density at radius 3 is 2.75 bits per heavy atom. The molecule has 4 nitrogen and oxygen atoms in total. The summed E-state index contributed by atoms with van der Waals surface area (Å²) in [7, 11) is 1.80. The van der Waals surface area contributed by atoms with Crippen molar-refractivity contribution in [3.63, 3.8) is 0 Å². The van der Waals surface area contributed by atoms with Crippen LogP contribution in [-0.4, -0.2) is 25.4 Å². The fourth-order valence-corrected chi connectivity index (χ4v) is 1.40. The molecule has 0 aromatic carbocycles. The van der Waals surface area contributed by atoms with Crippen LogP contribution in [-0.2, 0) is 9.59 Å². The Bertz CT molecular complexity index is 215. The molecule has 0 spiro atoms. The van der Waals surface area contributed by atoms with Crippen LogP contribution < -0.4 is 10.6 Å². The average molecular weight is 170 g/mol. The zero-order valence-corrected chi connectivity index (χ0v) is 7.44. The van der Waals surface area contributed by atoms with E-state index in [1.807, 2.05) is 6.92 Å². The van der Waals surface area contributed by atoms with Crippen LogP contribution >= 0.6 is 0 Å². The summed E-state index contributed by atoms with van der Waals surface area (Å²) in [6, 6.07) is 0. The van der Waals surface area contributed by atoms with Gasteiger partial charge in [-0.1, -0.05) is 0 Å². The summed E-state index contributed by atoms with van der Waals surface area (Å²) in [6.45, 7) is 2.48. The number of carbonyl (C=O) groups excluding carboxylic acids is 2. The lowest BCUT2D eigenvalue weighted by atomic mass is 9.81. The van der Waals surface area contributed by atoms with Crippen LogP contribution in [0.25, 0.3) is 0 Å². The van der Waals surface area contributed by atoms with E-state index < -0.39 is 5.41 Å². The Kier molecular flexibility index (Phi) is 2.47. The molecule has 0 bridgehead atoms. The Morgan fingerprint density at radius 1 is 1.58 bits per heavy atom. The monoisotopic (exact) mass is 170 g/mol. The van der Waals surface area contributed by atoms with Gasteiger partial charge in [0, 0.05) is 13.0 Å². The summed E-state index contributed by atoms with van der Waals surface area (Å²) in [4.78, 5) is 22.2. The first-order chi connectivity index (χ1) is 5.58. The van der Waals surface area contributed by atoms with Crippen molar-refractivity contribution in [1.82, 2.24) is 10.6 Å². The number of piperidine rings is 1. The lowest BCUT2D eigenvalue weighted by Crippen LogP contribution is -2.51. The molecule has 1 aliphatic heterocycles. The molecule has 0 radical (unpaired) electrons. The maximum Gasteiger partial charge on any atom is 0.233 e. The molecule has 1 aliphatic rings. The van der Waals surface area contributed by atoms with Gasteiger partial charge in [0.05, 0.1) is 5.41 Å². The molecule has 1 unspecified atom stereocenters. The number of hydrogen-bond acceptors (Lipinski definition) is 3. The molecule has 1 heterocycles. The van der Waals surface area contributed by atoms with Crippen LogP contribution in [0.4, 0.5) is 0 Å². The van der Waals surface area contributed by atoms with Crippen molar-refractivity contribution < 1.29 is 9.59 Å². The summed E-state index contributed by atoms with van der Waals surface area (Å²) >= 11 is 0. The molecular formula is C8H14N2O2. The van der Waals surface area contributed by atoms with Crippen molar-refractivity contribution in [3.05, 3.63) is 0 Å². The second kappa shape index (κ2) is 3.23. The first-order valence-electron chi connectivity index (χ1n) is 4.07. The van der Waals surface area contributed by atoms with E-state index in [4.69, 9.17) is 0 Å². The minimum atomic E-state index is -0.414.